The standard InChI is InChI=1S/C14H15NO/c1-2-15-13-5-3-4-11(13)12-8-10(9-16)6-7-14(12)15/h6-9H,2-5H2,1H3. The first-order valence-corrected chi connectivity index (χ1v) is 5.94. The average molecular weight is 213 g/mol. The van der Waals surface area contributed by atoms with E-state index in [0.29, 0.717) is 0 Å². The van der Waals surface area contributed by atoms with E-state index in [-0.39, 0.29) is 0 Å². The number of rotatable bonds is 2. The second-order valence-electron chi connectivity index (χ2n) is 4.42. The first-order valence-electron chi connectivity index (χ1n) is 5.94. The highest BCUT2D eigenvalue weighted by atomic mass is 16.1. The van der Waals surface area contributed by atoms with Gasteiger partial charge < -0.3 is 4.57 Å². The van der Waals surface area contributed by atoms with Crippen LogP contribution in [-0.2, 0) is 19.4 Å². The molecule has 1 heterocycles. The van der Waals surface area contributed by atoms with Crippen LogP contribution in [0.2, 0.25) is 0 Å². The molecule has 3 rings (SSSR count). The fourth-order valence-corrected chi connectivity index (χ4v) is 2.93. The number of fused-ring (bicyclic) bond motifs is 3. The van der Waals surface area contributed by atoms with Crippen LogP contribution in [0.5, 0.6) is 0 Å². The molecule has 0 saturated heterocycles. The van der Waals surface area contributed by atoms with E-state index in [4.69, 9.17) is 0 Å². The van der Waals surface area contributed by atoms with Crippen LogP contribution >= 0.6 is 0 Å². The zero-order chi connectivity index (χ0) is 11.1. The minimum Gasteiger partial charge on any atom is -0.345 e. The van der Waals surface area contributed by atoms with Crippen molar-refractivity contribution in [1.82, 2.24) is 4.57 Å². The Balaban J connectivity index is 2.37. The lowest BCUT2D eigenvalue weighted by Crippen LogP contribution is -1.98. The van der Waals surface area contributed by atoms with Crippen molar-refractivity contribution < 1.29 is 4.79 Å². The van der Waals surface area contributed by atoms with E-state index in [1.807, 2.05) is 12.1 Å². The number of aldehydes is 1. The van der Waals surface area contributed by atoms with Gasteiger partial charge in [-0.2, -0.15) is 0 Å². The molecular formula is C14H15NO. The van der Waals surface area contributed by atoms with Gasteiger partial charge in [-0.05, 0) is 49.9 Å². The van der Waals surface area contributed by atoms with Crippen LogP contribution in [0.1, 0.15) is 35.0 Å². The molecular weight excluding hydrogens is 198 g/mol. The van der Waals surface area contributed by atoms with Crippen molar-refractivity contribution in [3.05, 3.63) is 35.0 Å². The molecule has 0 aliphatic heterocycles. The maximum Gasteiger partial charge on any atom is 0.150 e. The number of aryl methyl sites for hydroxylation is 2. The van der Waals surface area contributed by atoms with Crippen LogP contribution in [0, 0.1) is 0 Å². The molecule has 82 valence electrons. The number of nitrogens with zero attached hydrogens (tertiary/aromatic N) is 1. The molecule has 2 nitrogen and oxygen atoms in total. The molecule has 2 aromatic rings. The lowest BCUT2D eigenvalue weighted by atomic mass is 10.1. The third kappa shape index (κ3) is 1.16. The first-order chi connectivity index (χ1) is 7.85. The Kier molecular flexibility index (Phi) is 2.10. The van der Waals surface area contributed by atoms with E-state index < -0.39 is 0 Å². The van der Waals surface area contributed by atoms with Crippen molar-refractivity contribution in [3.8, 4) is 0 Å². The Bertz CT molecular complexity index is 566. The van der Waals surface area contributed by atoms with Crippen molar-refractivity contribution in [1.29, 1.82) is 0 Å². The summed E-state index contributed by atoms with van der Waals surface area (Å²) in [6.07, 6.45) is 4.55. The molecule has 1 aliphatic rings. The topological polar surface area (TPSA) is 22.0 Å². The molecule has 0 atom stereocenters. The SMILES string of the molecule is CCn1c2c(c3cc(C=O)ccc31)CCC2. The lowest BCUT2D eigenvalue weighted by Gasteiger charge is -2.05. The number of carbonyl (C=O) groups is 1. The summed E-state index contributed by atoms with van der Waals surface area (Å²) in [5.41, 5.74) is 5.04. The number of benzene rings is 1. The van der Waals surface area contributed by atoms with E-state index >= 15 is 0 Å². The third-order valence-electron chi connectivity index (χ3n) is 3.60. The van der Waals surface area contributed by atoms with Crippen LogP contribution in [-0.4, -0.2) is 10.9 Å². The Hall–Kier alpha value is -1.57. The van der Waals surface area contributed by atoms with Gasteiger partial charge >= 0.3 is 0 Å². The number of carbonyl (C=O) groups excluding carboxylic acids is 1. The summed E-state index contributed by atoms with van der Waals surface area (Å²) in [7, 11) is 0. The maximum atomic E-state index is 10.8. The molecule has 0 saturated carbocycles. The van der Waals surface area contributed by atoms with E-state index in [1.165, 1.54) is 41.4 Å². The van der Waals surface area contributed by atoms with E-state index in [9.17, 15) is 4.79 Å². The molecule has 0 unspecified atom stereocenters. The Labute approximate surface area is 94.9 Å². The van der Waals surface area contributed by atoms with Gasteiger partial charge in [0.15, 0.2) is 0 Å². The quantitative estimate of drug-likeness (QED) is 0.703. The molecule has 1 aromatic heterocycles. The van der Waals surface area contributed by atoms with Gasteiger partial charge in [0.05, 0.1) is 0 Å². The zero-order valence-corrected chi connectivity index (χ0v) is 9.49. The van der Waals surface area contributed by atoms with Crippen LogP contribution in [0.4, 0.5) is 0 Å². The summed E-state index contributed by atoms with van der Waals surface area (Å²) in [4.78, 5) is 10.8. The smallest absolute Gasteiger partial charge is 0.150 e. The van der Waals surface area contributed by atoms with Crippen LogP contribution in [0.25, 0.3) is 10.9 Å². The molecule has 0 bridgehead atoms. The number of hydrogen-bond acceptors (Lipinski definition) is 1. The summed E-state index contributed by atoms with van der Waals surface area (Å²) in [5, 5.41) is 1.29. The van der Waals surface area contributed by atoms with E-state index in [2.05, 4.69) is 17.6 Å². The molecule has 0 fully saturated rings. The Morgan fingerprint density at radius 3 is 3.00 bits per heavy atom. The predicted octanol–water partition coefficient (Wildman–Crippen LogP) is 2.96. The molecule has 2 heteroatoms. The van der Waals surface area contributed by atoms with Gasteiger partial charge in [0.1, 0.15) is 6.29 Å². The fourth-order valence-electron chi connectivity index (χ4n) is 2.93. The molecule has 0 spiro atoms. The van der Waals surface area contributed by atoms with Gasteiger partial charge in [0.25, 0.3) is 0 Å². The van der Waals surface area contributed by atoms with Crippen LogP contribution in [0.15, 0.2) is 18.2 Å². The van der Waals surface area contributed by atoms with Gasteiger partial charge in [0.2, 0.25) is 0 Å². The first kappa shape index (κ1) is 9.64. The van der Waals surface area contributed by atoms with Crippen LogP contribution < -0.4 is 0 Å². The second-order valence-corrected chi connectivity index (χ2v) is 4.42. The highest BCUT2D eigenvalue weighted by Crippen LogP contribution is 2.33. The molecule has 1 aromatic carbocycles. The van der Waals surface area contributed by atoms with Crippen molar-refractivity contribution in [3.63, 3.8) is 0 Å². The molecule has 0 N–H and O–H groups in total. The van der Waals surface area contributed by atoms with Crippen molar-refractivity contribution in [2.24, 2.45) is 0 Å². The van der Waals surface area contributed by atoms with E-state index in [1.54, 1.807) is 0 Å². The van der Waals surface area contributed by atoms with Gasteiger partial charge in [-0.3, -0.25) is 4.79 Å². The molecule has 16 heavy (non-hydrogen) atoms. The van der Waals surface area contributed by atoms with Gasteiger partial charge in [0, 0.05) is 28.7 Å². The minimum absolute atomic E-state index is 0.787. The van der Waals surface area contributed by atoms with Crippen molar-refractivity contribution in [2.45, 2.75) is 32.7 Å². The highest BCUT2D eigenvalue weighted by Gasteiger charge is 2.20. The normalized spacial score (nSPS) is 14.3. The number of aromatic nitrogens is 1. The predicted molar refractivity (Wildman–Crippen MR) is 65.0 cm³/mol. The zero-order valence-electron chi connectivity index (χ0n) is 9.49. The summed E-state index contributed by atoms with van der Waals surface area (Å²) >= 11 is 0. The van der Waals surface area contributed by atoms with Gasteiger partial charge in [-0.15, -0.1) is 0 Å². The van der Waals surface area contributed by atoms with Crippen molar-refractivity contribution in [2.75, 3.05) is 0 Å². The van der Waals surface area contributed by atoms with Gasteiger partial charge in [-0.25, -0.2) is 0 Å². The highest BCUT2D eigenvalue weighted by molar-refractivity contribution is 5.91. The summed E-state index contributed by atoms with van der Waals surface area (Å²) in [6, 6.07) is 6.04. The lowest BCUT2D eigenvalue weighted by molar-refractivity contribution is 0.112. The van der Waals surface area contributed by atoms with Crippen molar-refractivity contribution >= 4 is 17.2 Å². The summed E-state index contributed by atoms with van der Waals surface area (Å²) in [5.74, 6) is 0. The van der Waals surface area contributed by atoms with Crippen LogP contribution in [0.3, 0.4) is 0 Å². The summed E-state index contributed by atoms with van der Waals surface area (Å²) < 4.78 is 2.40. The van der Waals surface area contributed by atoms with Gasteiger partial charge in [-0.1, -0.05) is 0 Å². The maximum absolute atomic E-state index is 10.8. The molecule has 0 radical (unpaired) electrons. The summed E-state index contributed by atoms with van der Waals surface area (Å²) in [6.45, 7) is 3.21. The molecule has 1 aliphatic carbocycles. The average Bonchev–Trinajstić information content (AvgIpc) is 2.88. The monoisotopic (exact) mass is 213 g/mol. The largest absolute Gasteiger partial charge is 0.345 e. The molecule has 0 amide bonds. The number of hydrogen-bond donors (Lipinski definition) is 0. The fraction of sp³-hybridized carbons (Fsp3) is 0.357. The third-order valence-corrected chi connectivity index (χ3v) is 3.60. The Morgan fingerprint density at radius 1 is 1.38 bits per heavy atom. The Morgan fingerprint density at radius 2 is 2.25 bits per heavy atom. The van der Waals surface area contributed by atoms with E-state index in [0.717, 1.165) is 18.4 Å². The second kappa shape index (κ2) is 3.48. The minimum atomic E-state index is 0.787.